The minimum Gasteiger partial charge on any atom is -0.368 e. The molecule has 1 N–H and O–H groups in total. The molecule has 2 heterocycles. The second kappa shape index (κ2) is 5.46. The number of rotatable bonds is 4. The van der Waals surface area contributed by atoms with Gasteiger partial charge in [-0.2, -0.15) is 10.4 Å². The van der Waals surface area contributed by atoms with E-state index in [-0.39, 0.29) is 0 Å². The standard InChI is InChI=1S/C11H10BrN5/c12-10-1-2-11(15-7-10)14-3-4-17-8-9(5-13)6-16-17/h1-2,6-8H,3-4H2,(H,14,15). The van der Waals surface area contributed by atoms with Gasteiger partial charge >= 0.3 is 0 Å². The number of halogens is 1. The molecule has 0 spiro atoms. The Kier molecular flexibility index (Phi) is 3.73. The fourth-order valence-electron chi connectivity index (χ4n) is 1.32. The number of aromatic nitrogens is 3. The first-order chi connectivity index (χ1) is 8.28. The molecule has 0 aliphatic rings. The number of anilines is 1. The Bertz CT molecular complexity index is 526. The molecule has 0 amide bonds. The maximum atomic E-state index is 8.65. The molecule has 6 heteroatoms. The van der Waals surface area contributed by atoms with Gasteiger partial charge < -0.3 is 5.32 Å². The van der Waals surface area contributed by atoms with Crippen LogP contribution in [-0.2, 0) is 6.54 Å². The summed E-state index contributed by atoms with van der Waals surface area (Å²) in [5.74, 6) is 0.820. The number of hydrogen-bond donors (Lipinski definition) is 1. The number of pyridine rings is 1. The van der Waals surface area contributed by atoms with Crippen LogP contribution in [-0.4, -0.2) is 21.3 Å². The summed E-state index contributed by atoms with van der Waals surface area (Å²) in [6.45, 7) is 1.40. The Labute approximate surface area is 107 Å². The molecule has 0 radical (unpaired) electrons. The van der Waals surface area contributed by atoms with E-state index in [1.165, 1.54) is 0 Å². The second-order valence-corrected chi connectivity index (χ2v) is 4.31. The van der Waals surface area contributed by atoms with Crippen LogP contribution in [0.25, 0.3) is 0 Å². The molecule has 2 rings (SSSR count). The van der Waals surface area contributed by atoms with E-state index in [0.29, 0.717) is 18.7 Å². The molecule has 0 unspecified atom stereocenters. The van der Waals surface area contributed by atoms with Gasteiger partial charge in [0.25, 0.3) is 0 Å². The predicted molar refractivity (Wildman–Crippen MR) is 67.4 cm³/mol. The lowest BCUT2D eigenvalue weighted by Crippen LogP contribution is -2.11. The van der Waals surface area contributed by atoms with Gasteiger partial charge in [-0.05, 0) is 28.1 Å². The highest BCUT2D eigenvalue weighted by Gasteiger charge is 1.97. The number of nitriles is 1. The zero-order chi connectivity index (χ0) is 12.1. The molecule has 17 heavy (non-hydrogen) atoms. The predicted octanol–water partition coefficient (Wildman–Crippen LogP) is 2.02. The van der Waals surface area contributed by atoms with Crippen molar-refractivity contribution >= 4 is 21.7 Å². The molecular weight excluding hydrogens is 282 g/mol. The Hall–Kier alpha value is -1.87. The van der Waals surface area contributed by atoms with Crippen molar-refractivity contribution in [3.8, 4) is 6.07 Å². The quantitative estimate of drug-likeness (QED) is 0.936. The third-order valence-corrected chi connectivity index (χ3v) is 2.61. The summed E-state index contributed by atoms with van der Waals surface area (Å²) in [7, 11) is 0. The smallest absolute Gasteiger partial charge is 0.126 e. The van der Waals surface area contributed by atoms with E-state index in [2.05, 4.69) is 31.3 Å². The van der Waals surface area contributed by atoms with Crippen molar-refractivity contribution in [1.82, 2.24) is 14.8 Å². The van der Waals surface area contributed by atoms with Crippen LogP contribution < -0.4 is 5.32 Å². The molecule has 2 aromatic heterocycles. The number of hydrogen-bond acceptors (Lipinski definition) is 4. The first kappa shape index (κ1) is 11.6. The minimum absolute atomic E-state index is 0.576. The first-order valence-electron chi connectivity index (χ1n) is 5.06. The zero-order valence-electron chi connectivity index (χ0n) is 8.97. The van der Waals surface area contributed by atoms with Gasteiger partial charge in [0.2, 0.25) is 0 Å². The monoisotopic (exact) mass is 291 g/mol. The van der Waals surface area contributed by atoms with Crippen molar-refractivity contribution in [2.24, 2.45) is 0 Å². The molecule has 0 aliphatic carbocycles. The van der Waals surface area contributed by atoms with Gasteiger partial charge in [-0.3, -0.25) is 4.68 Å². The van der Waals surface area contributed by atoms with Crippen molar-refractivity contribution in [1.29, 1.82) is 5.26 Å². The molecule has 5 nitrogen and oxygen atoms in total. The van der Waals surface area contributed by atoms with Gasteiger partial charge in [0.1, 0.15) is 11.9 Å². The summed E-state index contributed by atoms with van der Waals surface area (Å²) < 4.78 is 2.68. The highest BCUT2D eigenvalue weighted by atomic mass is 79.9. The first-order valence-corrected chi connectivity index (χ1v) is 5.85. The Morgan fingerprint density at radius 1 is 1.41 bits per heavy atom. The SMILES string of the molecule is N#Cc1cnn(CCNc2ccc(Br)cn2)c1. The van der Waals surface area contributed by atoms with E-state index in [9.17, 15) is 0 Å². The summed E-state index contributed by atoms with van der Waals surface area (Å²) in [6.07, 6.45) is 5.01. The number of nitrogens with one attached hydrogen (secondary N) is 1. The average Bonchev–Trinajstić information content (AvgIpc) is 2.80. The van der Waals surface area contributed by atoms with Crippen molar-refractivity contribution < 1.29 is 0 Å². The van der Waals surface area contributed by atoms with Crippen LogP contribution in [0.4, 0.5) is 5.82 Å². The molecule has 0 fully saturated rings. The molecule has 0 bridgehead atoms. The Morgan fingerprint density at radius 3 is 2.94 bits per heavy atom. The van der Waals surface area contributed by atoms with Gasteiger partial charge in [0.05, 0.1) is 18.3 Å². The minimum atomic E-state index is 0.576. The summed E-state index contributed by atoms with van der Waals surface area (Å²) in [6, 6.07) is 5.86. The summed E-state index contributed by atoms with van der Waals surface area (Å²) in [5, 5.41) is 15.9. The maximum absolute atomic E-state index is 8.65. The zero-order valence-corrected chi connectivity index (χ0v) is 10.6. The van der Waals surface area contributed by atoms with E-state index in [0.717, 1.165) is 10.3 Å². The van der Waals surface area contributed by atoms with E-state index >= 15 is 0 Å². The van der Waals surface area contributed by atoms with Gasteiger partial charge in [-0.15, -0.1) is 0 Å². The van der Waals surface area contributed by atoms with Crippen LogP contribution in [0, 0.1) is 11.3 Å². The van der Waals surface area contributed by atoms with Crippen LogP contribution in [0.15, 0.2) is 35.2 Å². The van der Waals surface area contributed by atoms with Gasteiger partial charge in [0, 0.05) is 23.4 Å². The van der Waals surface area contributed by atoms with Gasteiger partial charge in [0.15, 0.2) is 0 Å². The molecule has 86 valence electrons. The van der Waals surface area contributed by atoms with Crippen LogP contribution in [0.2, 0.25) is 0 Å². The normalized spacial score (nSPS) is 9.88. The third-order valence-electron chi connectivity index (χ3n) is 2.14. The Balaban J connectivity index is 1.83. The highest BCUT2D eigenvalue weighted by molar-refractivity contribution is 9.10. The molecular formula is C11H10BrN5. The van der Waals surface area contributed by atoms with E-state index < -0.39 is 0 Å². The van der Waals surface area contributed by atoms with E-state index in [1.807, 2.05) is 18.2 Å². The highest BCUT2D eigenvalue weighted by Crippen LogP contribution is 2.10. The summed E-state index contributed by atoms with van der Waals surface area (Å²) in [4.78, 5) is 4.19. The Morgan fingerprint density at radius 2 is 2.29 bits per heavy atom. The third kappa shape index (κ3) is 3.29. The molecule has 0 aromatic carbocycles. The van der Waals surface area contributed by atoms with Crippen LogP contribution >= 0.6 is 15.9 Å². The number of nitrogens with zero attached hydrogens (tertiary/aromatic N) is 4. The maximum Gasteiger partial charge on any atom is 0.126 e. The van der Waals surface area contributed by atoms with Gasteiger partial charge in [-0.25, -0.2) is 4.98 Å². The van der Waals surface area contributed by atoms with Crippen LogP contribution in [0.5, 0.6) is 0 Å². The van der Waals surface area contributed by atoms with E-state index in [1.54, 1.807) is 23.3 Å². The average molecular weight is 292 g/mol. The fourth-order valence-corrected chi connectivity index (χ4v) is 1.56. The topological polar surface area (TPSA) is 66.5 Å². The second-order valence-electron chi connectivity index (χ2n) is 3.39. The van der Waals surface area contributed by atoms with Gasteiger partial charge in [-0.1, -0.05) is 0 Å². The largest absolute Gasteiger partial charge is 0.368 e. The molecule has 2 aromatic rings. The lowest BCUT2D eigenvalue weighted by atomic mass is 10.4. The lowest BCUT2D eigenvalue weighted by Gasteiger charge is -2.05. The molecule has 0 saturated heterocycles. The fraction of sp³-hybridized carbons (Fsp3) is 0.182. The van der Waals surface area contributed by atoms with Crippen molar-refractivity contribution in [2.45, 2.75) is 6.54 Å². The summed E-state index contributed by atoms with van der Waals surface area (Å²) in [5.41, 5.74) is 0.576. The lowest BCUT2D eigenvalue weighted by molar-refractivity contribution is 0.637. The molecule has 0 aliphatic heterocycles. The van der Waals surface area contributed by atoms with Crippen molar-refractivity contribution in [3.63, 3.8) is 0 Å². The molecule has 0 saturated carbocycles. The van der Waals surface area contributed by atoms with E-state index in [4.69, 9.17) is 5.26 Å². The summed E-state index contributed by atoms with van der Waals surface area (Å²) >= 11 is 3.33. The van der Waals surface area contributed by atoms with Crippen molar-refractivity contribution in [3.05, 3.63) is 40.8 Å². The van der Waals surface area contributed by atoms with Crippen LogP contribution in [0.1, 0.15) is 5.56 Å². The van der Waals surface area contributed by atoms with Crippen LogP contribution in [0.3, 0.4) is 0 Å². The van der Waals surface area contributed by atoms with Crippen molar-refractivity contribution in [2.75, 3.05) is 11.9 Å². The molecule has 0 atom stereocenters.